The highest BCUT2D eigenvalue weighted by atomic mass is 16.5. The lowest BCUT2D eigenvalue weighted by Gasteiger charge is -2.11. The molecule has 1 unspecified atom stereocenters. The van der Waals surface area contributed by atoms with Gasteiger partial charge in [0, 0.05) is 13.2 Å². The molecule has 0 aliphatic carbocycles. The molecule has 1 N–H and O–H groups in total. The molecule has 0 radical (unpaired) electrons. The molecule has 0 aliphatic rings. The van der Waals surface area contributed by atoms with Gasteiger partial charge >= 0.3 is 0 Å². The summed E-state index contributed by atoms with van der Waals surface area (Å²) in [5.41, 5.74) is 1.02. The summed E-state index contributed by atoms with van der Waals surface area (Å²) in [6.07, 6.45) is 0.929. The fourth-order valence-corrected chi connectivity index (χ4v) is 1.45. The fraction of sp³-hybridized carbons (Fsp3) is 0.462. The van der Waals surface area contributed by atoms with Crippen molar-refractivity contribution in [3.63, 3.8) is 0 Å². The highest BCUT2D eigenvalue weighted by molar-refractivity contribution is 5.23. The minimum Gasteiger partial charge on any atom is -0.382 e. The van der Waals surface area contributed by atoms with Crippen molar-refractivity contribution < 1.29 is 4.74 Å². The Morgan fingerprint density at radius 1 is 1.38 bits per heavy atom. The predicted molar refractivity (Wildman–Crippen MR) is 63.9 cm³/mol. The Morgan fingerprint density at radius 3 is 2.75 bits per heavy atom. The average molecular weight is 218 g/mol. The average Bonchev–Trinajstić information content (AvgIpc) is 2.35. The van der Waals surface area contributed by atoms with Crippen molar-refractivity contribution in [1.82, 2.24) is 5.32 Å². The van der Waals surface area contributed by atoms with Crippen LogP contribution in [0.1, 0.15) is 24.9 Å². The monoisotopic (exact) mass is 218 g/mol. The first-order chi connectivity index (χ1) is 7.88. The highest BCUT2D eigenvalue weighted by Crippen LogP contribution is 2.10. The third kappa shape index (κ3) is 4.43. The van der Waals surface area contributed by atoms with Crippen molar-refractivity contribution in [2.45, 2.75) is 19.4 Å². The first-order valence-corrected chi connectivity index (χ1v) is 5.64. The molecule has 86 valence electrons. The van der Waals surface area contributed by atoms with Crippen LogP contribution in [0, 0.1) is 11.3 Å². The van der Waals surface area contributed by atoms with Crippen LogP contribution >= 0.6 is 0 Å². The van der Waals surface area contributed by atoms with Gasteiger partial charge in [0.05, 0.1) is 6.07 Å². The molecule has 1 rings (SSSR count). The number of hydrogen-bond acceptors (Lipinski definition) is 3. The van der Waals surface area contributed by atoms with Crippen molar-refractivity contribution in [3.8, 4) is 6.07 Å². The van der Waals surface area contributed by atoms with Crippen molar-refractivity contribution in [2.24, 2.45) is 0 Å². The molecule has 0 saturated carbocycles. The zero-order valence-corrected chi connectivity index (χ0v) is 9.65. The molecule has 1 atom stereocenters. The summed E-state index contributed by atoms with van der Waals surface area (Å²) >= 11 is 0. The number of hydrogen-bond donors (Lipinski definition) is 1. The molecule has 3 nitrogen and oxygen atoms in total. The number of ether oxygens (including phenoxy) is 1. The van der Waals surface area contributed by atoms with E-state index in [1.54, 1.807) is 0 Å². The summed E-state index contributed by atoms with van der Waals surface area (Å²) < 4.78 is 5.23. The summed E-state index contributed by atoms with van der Waals surface area (Å²) in [7, 11) is 0. The molecule has 0 aliphatic heterocycles. The van der Waals surface area contributed by atoms with E-state index in [1.165, 1.54) is 0 Å². The van der Waals surface area contributed by atoms with Crippen LogP contribution in [0.25, 0.3) is 0 Å². The number of nitrogens with one attached hydrogen (secondary N) is 1. The van der Waals surface area contributed by atoms with E-state index in [1.807, 2.05) is 37.3 Å². The second-order valence-electron chi connectivity index (χ2n) is 3.48. The minimum absolute atomic E-state index is 0.220. The predicted octanol–water partition coefficient (Wildman–Crippen LogP) is 2.27. The first-order valence-electron chi connectivity index (χ1n) is 5.64. The van der Waals surface area contributed by atoms with Crippen molar-refractivity contribution >= 4 is 0 Å². The summed E-state index contributed by atoms with van der Waals surface area (Å²) in [4.78, 5) is 0. The number of nitrogens with zero attached hydrogens (tertiary/aromatic N) is 1. The Balaban J connectivity index is 2.31. The van der Waals surface area contributed by atoms with Gasteiger partial charge in [-0.3, -0.25) is 5.32 Å². The van der Waals surface area contributed by atoms with Crippen LogP contribution in [0.3, 0.4) is 0 Å². The fourth-order valence-electron chi connectivity index (χ4n) is 1.45. The second-order valence-corrected chi connectivity index (χ2v) is 3.48. The van der Waals surface area contributed by atoms with Gasteiger partial charge in [-0.05, 0) is 25.5 Å². The Bertz CT molecular complexity index is 318. The number of nitriles is 1. The van der Waals surface area contributed by atoms with Gasteiger partial charge in [0.2, 0.25) is 0 Å². The van der Waals surface area contributed by atoms with Crippen LogP contribution in [0.5, 0.6) is 0 Å². The van der Waals surface area contributed by atoms with E-state index in [0.717, 1.165) is 31.7 Å². The van der Waals surface area contributed by atoms with Gasteiger partial charge in [-0.15, -0.1) is 0 Å². The largest absolute Gasteiger partial charge is 0.382 e. The van der Waals surface area contributed by atoms with Crippen LogP contribution in [-0.4, -0.2) is 19.8 Å². The Morgan fingerprint density at radius 2 is 2.12 bits per heavy atom. The van der Waals surface area contributed by atoms with E-state index in [0.29, 0.717) is 0 Å². The summed E-state index contributed by atoms with van der Waals surface area (Å²) in [5.74, 6) is 0. The molecule has 0 heterocycles. The molecule has 16 heavy (non-hydrogen) atoms. The Hall–Kier alpha value is -1.37. The maximum atomic E-state index is 9.04. The van der Waals surface area contributed by atoms with Gasteiger partial charge in [0.25, 0.3) is 0 Å². The topological polar surface area (TPSA) is 45.0 Å². The standard InChI is InChI=1S/C13H18N2O/c1-2-16-10-6-9-15-13(11-14)12-7-4-3-5-8-12/h3-5,7-8,13,15H,2,6,9-10H2,1H3. The van der Waals surface area contributed by atoms with E-state index in [9.17, 15) is 0 Å². The zero-order chi connectivity index (χ0) is 11.6. The van der Waals surface area contributed by atoms with E-state index in [4.69, 9.17) is 10.00 Å². The molecule has 0 spiro atoms. The van der Waals surface area contributed by atoms with Gasteiger partial charge < -0.3 is 4.74 Å². The zero-order valence-electron chi connectivity index (χ0n) is 9.65. The third-order valence-corrected chi connectivity index (χ3v) is 2.28. The maximum absolute atomic E-state index is 9.04. The van der Waals surface area contributed by atoms with Gasteiger partial charge in [0.15, 0.2) is 0 Å². The molecule has 1 aromatic carbocycles. The van der Waals surface area contributed by atoms with Gasteiger partial charge in [-0.1, -0.05) is 30.3 Å². The third-order valence-electron chi connectivity index (χ3n) is 2.28. The van der Waals surface area contributed by atoms with Crippen molar-refractivity contribution in [3.05, 3.63) is 35.9 Å². The second kappa shape index (κ2) is 7.86. The molecular formula is C13H18N2O. The summed E-state index contributed by atoms with van der Waals surface area (Å²) in [5, 5.41) is 12.2. The molecule has 0 aromatic heterocycles. The lowest BCUT2D eigenvalue weighted by molar-refractivity contribution is 0.144. The van der Waals surface area contributed by atoms with Crippen LogP contribution in [0.15, 0.2) is 30.3 Å². The Labute approximate surface area is 97.0 Å². The SMILES string of the molecule is CCOCCCNC(C#N)c1ccccc1. The van der Waals surface area contributed by atoms with E-state index >= 15 is 0 Å². The molecule has 1 aromatic rings. The molecule has 0 amide bonds. The van der Waals surface area contributed by atoms with E-state index in [2.05, 4.69) is 11.4 Å². The summed E-state index contributed by atoms with van der Waals surface area (Å²) in [6, 6.07) is 11.8. The minimum atomic E-state index is -0.220. The van der Waals surface area contributed by atoms with Gasteiger partial charge in [0.1, 0.15) is 6.04 Å². The normalized spacial score (nSPS) is 12.0. The molecule has 0 fully saturated rings. The maximum Gasteiger partial charge on any atom is 0.121 e. The highest BCUT2D eigenvalue weighted by Gasteiger charge is 2.07. The number of benzene rings is 1. The lowest BCUT2D eigenvalue weighted by Crippen LogP contribution is -2.22. The van der Waals surface area contributed by atoms with Crippen LogP contribution in [0.2, 0.25) is 0 Å². The van der Waals surface area contributed by atoms with E-state index in [-0.39, 0.29) is 6.04 Å². The molecule has 3 heteroatoms. The lowest BCUT2D eigenvalue weighted by atomic mass is 10.1. The van der Waals surface area contributed by atoms with E-state index < -0.39 is 0 Å². The molecular weight excluding hydrogens is 200 g/mol. The van der Waals surface area contributed by atoms with Crippen molar-refractivity contribution in [1.29, 1.82) is 5.26 Å². The molecule has 0 bridgehead atoms. The van der Waals surface area contributed by atoms with Crippen LogP contribution in [0.4, 0.5) is 0 Å². The smallest absolute Gasteiger partial charge is 0.121 e. The van der Waals surface area contributed by atoms with Crippen LogP contribution in [-0.2, 0) is 4.74 Å². The van der Waals surface area contributed by atoms with Crippen molar-refractivity contribution in [2.75, 3.05) is 19.8 Å². The first kappa shape index (κ1) is 12.7. The van der Waals surface area contributed by atoms with Gasteiger partial charge in [-0.2, -0.15) is 5.26 Å². The Kier molecular flexibility index (Phi) is 6.24. The van der Waals surface area contributed by atoms with Crippen LogP contribution < -0.4 is 5.32 Å². The summed E-state index contributed by atoms with van der Waals surface area (Å²) in [6.45, 7) is 4.28. The molecule has 0 saturated heterocycles. The quantitative estimate of drug-likeness (QED) is 0.714. The van der Waals surface area contributed by atoms with Gasteiger partial charge in [-0.25, -0.2) is 0 Å². The number of rotatable bonds is 7.